The molecule has 1 atom stereocenters. The molecule has 0 aliphatic heterocycles. The molecule has 0 aliphatic rings. The summed E-state index contributed by atoms with van der Waals surface area (Å²) in [5.74, 6) is 0.620. The first-order valence-electron chi connectivity index (χ1n) is 8.27. The maximum atomic E-state index is 12.5. The molecule has 7 heteroatoms. The van der Waals surface area contributed by atoms with Crippen molar-refractivity contribution in [1.82, 2.24) is 9.62 Å². The second-order valence-corrected chi connectivity index (χ2v) is 7.45. The number of ketones is 1. The number of furan rings is 1. The van der Waals surface area contributed by atoms with Crippen molar-refractivity contribution in [2.45, 2.75) is 31.7 Å². The Morgan fingerprint density at radius 2 is 1.80 bits per heavy atom. The minimum atomic E-state index is -3.67. The highest BCUT2D eigenvalue weighted by Crippen LogP contribution is 2.21. The zero-order chi connectivity index (χ0) is 18.4. The molecule has 6 nitrogen and oxygen atoms in total. The van der Waals surface area contributed by atoms with Crippen molar-refractivity contribution >= 4 is 15.8 Å². The molecule has 0 spiro atoms. The van der Waals surface area contributed by atoms with Crippen molar-refractivity contribution in [3.05, 3.63) is 54.0 Å². The Kier molecular flexibility index (Phi) is 6.52. The molecule has 1 heterocycles. The van der Waals surface area contributed by atoms with Gasteiger partial charge in [-0.15, -0.1) is 0 Å². The average Bonchev–Trinajstić information content (AvgIpc) is 3.13. The minimum Gasteiger partial charge on any atom is -0.468 e. The quantitative estimate of drug-likeness (QED) is 0.692. The minimum absolute atomic E-state index is 0.101. The molecule has 0 aliphatic carbocycles. The van der Waals surface area contributed by atoms with Gasteiger partial charge in [-0.25, -0.2) is 13.1 Å². The van der Waals surface area contributed by atoms with Gasteiger partial charge in [0.25, 0.3) is 0 Å². The lowest BCUT2D eigenvalue weighted by molar-refractivity contribution is 0.101. The van der Waals surface area contributed by atoms with Crippen molar-refractivity contribution < 1.29 is 17.6 Å². The number of hydrogen-bond donors (Lipinski definition) is 1. The first-order valence-corrected chi connectivity index (χ1v) is 9.75. The lowest BCUT2D eigenvalue weighted by atomic mass is 10.2. The Labute approximate surface area is 148 Å². The number of carbonyl (C=O) groups is 1. The number of nitrogens with zero attached hydrogens (tertiary/aromatic N) is 1. The maximum absolute atomic E-state index is 12.5. The molecule has 0 saturated carbocycles. The second kappa shape index (κ2) is 8.42. The van der Waals surface area contributed by atoms with E-state index in [2.05, 4.69) is 9.62 Å². The Hall–Kier alpha value is -1.96. The van der Waals surface area contributed by atoms with E-state index < -0.39 is 10.0 Å². The van der Waals surface area contributed by atoms with Crippen LogP contribution in [-0.4, -0.2) is 38.7 Å². The van der Waals surface area contributed by atoms with Crippen LogP contribution in [0.25, 0.3) is 0 Å². The Morgan fingerprint density at radius 3 is 2.28 bits per heavy atom. The zero-order valence-corrected chi connectivity index (χ0v) is 15.5. The monoisotopic (exact) mass is 364 g/mol. The van der Waals surface area contributed by atoms with Gasteiger partial charge >= 0.3 is 0 Å². The molecule has 136 valence electrons. The van der Waals surface area contributed by atoms with E-state index in [0.29, 0.717) is 5.56 Å². The first kappa shape index (κ1) is 19.4. The van der Waals surface area contributed by atoms with E-state index in [-0.39, 0.29) is 23.3 Å². The number of Topliss-reactive ketones (excluding diaryl/α,β-unsaturated/α-hetero) is 1. The van der Waals surface area contributed by atoms with Crippen LogP contribution in [0.2, 0.25) is 0 Å². The van der Waals surface area contributed by atoms with Crippen LogP contribution in [0.1, 0.15) is 42.9 Å². The third kappa shape index (κ3) is 4.78. The highest BCUT2D eigenvalue weighted by Gasteiger charge is 2.23. The molecule has 2 rings (SSSR count). The molecule has 0 amide bonds. The summed E-state index contributed by atoms with van der Waals surface area (Å²) >= 11 is 0. The number of nitrogens with one attached hydrogen (secondary N) is 1. The Bertz CT molecular complexity index is 779. The lowest BCUT2D eigenvalue weighted by Crippen LogP contribution is -2.37. The number of likely N-dealkylation sites (N-methyl/N-ethyl adjacent to an activating group) is 1. The topological polar surface area (TPSA) is 79.6 Å². The average molecular weight is 364 g/mol. The van der Waals surface area contributed by atoms with E-state index in [9.17, 15) is 13.2 Å². The highest BCUT2D eigenvalue weighted by atomic mass is 32.2. The third-order valence-corrected chi connectivity index (χ3v) is 5.60. The van der Waals surface area contributed by atoms with E-state index in [4.69, 9.17) is 4.42 Å². The van der Waals surface area contributed by atoms with Crippen LogP contribution in [0.5, 0.6) is 0 Å². The van der Waals surface area contributed by atoms with Crippen molar-refractivity contribution in [1.29, 1.82) is 0 Å². The molecule has 0 bridgehead atoms. The van der Waals surface area contributed by atoms with E-state index >= 15 is 0 Å². The van der Waals surface area contributed by atoms with Gasteiger partial charge in [0.05, 0.1) is 17.2 Å². The lowest BCUT2D eigenvalue weighted by Gasteiger charge is -2.28. The molecule has 2 aromatic rings. The third-order valence-electron chi connectivity index (χ3n) is 4.16. The molecule has 0 saturated heterocycles. The largest absolute Gasteiger partial charge is 0.468 e. The van der Waals surface area contributed by atoms with Crippen molar-refractivity contribution in [2.75, 3.05) is 19.6 Å². The summed E-state index contributed by atoms with van der Waals surface area (Å²) < 4.78 is 33.2. The molecule has 1 aromatic carbocycles. The number of sulfonamides is 1. The SMILES string of the molecule is CCN(CC)C(CNS(=O)(=O)c1ccc(C(C)=O)cc1)c1ccco1. The van der Waals surface area contributed by atoms with Gasteiger partial charge in [-0.05, 0) is 44.3 Å². The summed E-state index contributed by atoms with van der Waals surface area (Å²) in [6.45, 7) is 7.24. The summed E-state index contributed by atoms with van der Waals surface area (Å²) in [7, 11) is -3.67. The summed E-state index contributed by atoms with van der Waals surface area (Å²) in [5, 5.41) is 0. The van der Waals surface area contributed by atoms with Gasteiger partial charge in [0, 0.05) is 12.1 Å². The van der Waals surface area contributed by atoms with E-state index in [0.717, 1.165) is 18.8 Å². The predicted molar refractivity (Wildman–Crippen MR) is 96.0 cm³/mol. The van der Waals surface area contributed by atoms with Gasteiger partial charge in [0.15, 0.2) is 5.78 Å². The van der Waals surface area contributed by atoms with E-state index in [1.807, 2.05) is 19.9 Å². The molecule has 1 unspecified atom stereocenters. The molecule has 1 N–H and O–H groups in total. The molecule has 0 fully saturated rings. The predicted octanol–water partition coefficient (Wildman–Crippen LogP) is 2.84. The van der Waals surface area contributed by atoms with Crippen LogP contribution >= 0.6 is 0 Å². The molecule has 1 aromatic heterocycles. The molecule has 25 heavy (non-hydrogen) atoms. The second-order valence-electron chi connectivity index (χ2n) is 5.68. The van der Waals surface area contributed by atoms with Gasteiger partial charge in [0.1, 0.15) is 5.76 Å². The van der Waals surface area contributed by atoms with Gasteiger partial charge in [-0.3, -0.25) is 9.69 Å². The van der Waals surface area contributed by atoms with Crippen LogP contribution in [0.4, 0.5) is 0 Å². The van der Waals surface area contributed by atoms with Crippen LogP contribution in [0.3, 0.4) is 0 Å². The number of benzene rings is 1. The molecular formula is C18H24N2O4S. The van der Waals surface area contributed by atoms with Crippen LogP contribution in [-0.2, 0) is 10.0 Å². The van der Waals surface area contributed by atoms with Crippen LogP contribution in [0, 0.1) is 0 Å². The molecular weight excluding hydrogens is 340 g/mol. The summed E-state index contributed by atoms with van der Waals surface area (Å²) in [6.07, 6.45) is 1.58. The summed E-state index contributed by atoms with van der Waals surface area (Å²) in [6, 6.07) is 9.38. The summed E-state index contributed by atoms with van der Waals surface area (Å²) in [5.41, 5.74) is 0.482. The Morgan fingerprint density at radius 1 is 1.16 bits per heavy atom. The number of rotatable bonds is 9. The highest BCUT2D eigenvalue weighted by molar-refractivity contribution is 7.89. The van der Waals surface area contributed by atoms with Gasteiger partial charge in [0.2, 0.25) is 10.0 Å². The molecule has 0 radical (unpaired) electrons. The fourth-order valence-electron chi connectivity index (χ4n) is 2.70. The fraction of sp³-hybridized carbons (Fsp3) is 0.389. The van der Waals surface area contributed by atoms with Gasteiger partial charge in [-0.1, -0.05) is 26.0 Å². The van der Waals surface area contributed by atoms with Gasteiger partial charge in [-0.2, -0.15) is 0 Å². The maximum Gasteiger partial charge on any atom is 0.240 e. The van der Waals surface area contributed by atoms with Gasteiger partial charge < -0.3 is 4.42 Å². The van der Waals surface area contributed by atoms with Crippen molar-refractivity contribution in [2.24, 2.45) is 0 Å². The van der Waals surface area contributed by atoms with E-state index in [1.165, 1.54) is 31.2 Å². The Balaban J connectivity index is 2.16. The summed E-state index contributed by atoms with van der Waals surface area (Å²) in [4.78, 5) is 13.6. The number of hydrogen-bond acceptors (Lipinski definition) is 5. The normalized spacial score (nSPS) is 13.1. The van der Waals surface area contributed by atoms with E-state index in [1.54, 1.807) is 12.3 Å². The zero-order valence-electron chi connectivity index (χ0n) is 14.7. The van der Waals surface area contributed by atoms with Crippen LogP contribution < -0.4 is 4.72 Å². The van der Waals surface area contributed by atoms with Crippen molar-refractivity contribution in [3.63, 3.8) is 0 Å². The smallest absolute Gasteiger partial charge is 0.240 e. The first-order chi connectivity index (χ1) is 11.9. The number of carbonyl (C=O) groups excluding carboxylic acids is 1. The van der Waals surface area contributed by atoms with Crippen LogP contribution in [0.15, 0.2) is 52.0 Å². The van der Waals surface area contributed by atoms with Crippen molar-refractivity contribution in [3.8, 4) is 0 Å². The standard InChI is InChI=1S/C18H24N2O4S/c1-4-20(5-2)17(18-7-6-12-24-18)13-19-25(22,23)16-10-8-15(9-11-16)14(3)21/h6-12,17,19H,4-5,13H2,1-3H3. The fourth-order valence-corrected chi connectivity index (χ4v) is 3.73.